The van der Waals surface area contributed by atoms with Crippen molar-refractivity contribution in [2.75, 3.05) is 13.2 Å². The van der Waals surface area contributed by atoms with Gasteiger partial charge in [0.15, 0.2) is 5.79 Å². The third-order valence-corrected chi connectivity index (χ3v) is 3.54. The molecule has 0 saturated carbocycles. The normalized spacial score (nSPS) is 22.7. The Morgan fingerprint density at radius 1 is 1.44 bits per heavy atom. The zero-order valence-electron chi connectivity index (χ0n) is 10.7. The minimum atomic E-state index is -0.473. The van der Waals surface area contributed by atoms with E-state index in [1.807, 2.05) is 32.2 Å². The van der Waals surface area contributed by atoms with E-state index < -0.39 is 5.79 Å². The molecule has 1 saturated heterocycles. The molecule has 1 aromatic carbocycles. The highest BCUT2D eigenvalue weighted by Crippen LogP contribution is 2.21. The van der Waals surface area contributed by atoms with Crippen molar-refractivity contribution < 1.29 is 9.47 Å². The van der Waals surface area contributed by atoms with E-state index in [-0.39, 0.29) is 6.10 Å². The first-order valence-electron chi connectivity index (χ1n) is 6.12. The Hall–Kier alpha value is -0.710. The van der Waals surface area contributed by atoms with E-state index in [0.717, 1.165) is 17.4 Å². The van der Waals surface area contributed by atoms with E-state index in [4.69, 9.17) is 9.47 Å². The number of rotatable bonds is 4. The zero-order valence-corrected chi connectivity index (χ0v) is 12.3. The van der Waals surface area contributed by atoms with Crippen molar-refractivity contribution in [3.05, 3.63) is 34.3 Å². The van der Waals surface area contributed by atoms with Crippen LogP contribution in [-0.4, -0.2) is 31.3 Å². The van der Waals surface area contributed by atoms with E-state index >= 15 is 0 Å². The van der Waals surface area contributed by atoms with Gasteiger partial charge in [-0.2, -0.15) is 0 Å². The molecule has 0 aliphatic carbocycles. The summed E-state index contributed by atoms with van der Waals surface area (Å²) >= 11 is 3.53. The highest BCUT2D eigenvalue weighted by atomic mass is 79.9. The van der Waals surface area contributed by atoms with Crippen LogP contribution in [-0.2, 0) is 15.9 Å². The Kier molecular flexibility index (Phi) is 4.54. The van der Waals surface area contributed by atoms with Gasteiger partial charge in [-0.3, -0.25) is 4.99 Å². The van der Waals surface area contributed by atoms with Crippen LogP contribution < -0.4 is 0 Å². The average molecular weight is 312 g/mol. The molecule has 0 bridgehead atoms. The van der Waals surface area contributed by atoms with Crippen molar-refractivity contribution in [2.45, 2.75) is 32.2 Å². The van der Waals surface area contributed by atoms with Crippen LogP contribution in [0.25, 0.3) is 0 Å². The average Bonchev–Trinajstić information content (AvgIpc) is 2.67. The SMILES string of the molecule is CC1(C)OCC(C=NCCc2ccccc2Br)O1. The molecule has 3 nitrogen and oxygen atoms in total. The van der Waals surface area contributed by atoms with Crippen LogP contribution >= 0.6 is 15.9 Å². The molecule has 1 aliphatic rings. The van der Waals surface area contributed by atoms with Crippen molar-refractivity contribution >= 4 is 22.1 Å². The molecule has 1 fully saturated rings. The largest absolute Gasteiger partial charge is 0.347 e. The van der Waals surface area contributed by atoms with Gasteiger partial charge in [0.1, 0.15) is 6.10 Å². The first-order chi connectivity index (χ1) is 8.57. The van der Waals surface area contributed by atoms with Gasteiger partial charge in [0.25, 0.3) is 0 Å². The van der Waals surface area contributed by atoms with Gasteiger partial charge >= 0.3 is 0 Å². The van der Waals surface area contributed by atoms with Crippen molar-refractivity contribution in [1.29, 1.82) is 0 Å². The Balaban J connectivity index is 1.78. The lowest BCUT2D eigenvalue weighted by atomic mass is 10.1. The van der Waals surface area contributed by atoms with Crippen LogP contribution in [0.3, 0.4) is 0 Å². The number of ether oxygens (including phenoxy) is 2. The number of aliphatic imine (C=N–C) groups is 1. The number of hydrogen-bond acceptors (Lipinski definition) is 3. The molecular formula is C14H18BrNO2. The third kappa shape index (κ3) is 3.90. The van der Waals surface area contributed by atoms with Gasteiger partial charge in [0.2, 0.25) is 0 Å². The fourth-order valence-electron chi connectivity index (χ4n) is 1.87. The monoisotopic (exact) mass is 311 g/mol. The van der Waals surface area contributed by atoms with Crippen molar-refractivity contribution in [3.63, 3.8) is 0 Å². The summed E-state index contributed by atoms with van der Waals surface area (Å²) in [5.41, 5.74) is 1.28. The molecule has 2 rings (SSSR count). The molecule has 1 aliphatic heterocycles. The summed E-state index contributed by atoms with van der Waals surface area (Å²) in [6.07, 6.45) is 2.76. The van der Waals surface area contributed by atoms with Crippen molar-refractivity contribution in [3.8, 4) is 0 Å². The molecule has 0 aromatic heterocycles. The second-order valence-electron chi connectivity index (χ2n) is 4.76. The number of halogens is 1. The van der Waals surface area contributed by atoms with Gasteiger partial charge in [-0.25, -0.2) is 0 Å². The summed E-state index contributed by atoms with van der Waals surface area (Å²) < 4.78 is 12.3. The van der Waals surface area contributed by atoms with E-state index in [0.29, 0.717) is 6.61 Å². The Morgan fingerprint density at radius 2 is 2.22 bits per heavy atom. The molecule has 1 atom stereocenters. The fourth-order valence-corrected chi connectivity index (χ4v) is 2.35. The minimum Gasteiger partial charge on any atom is -0.347 e. The van der Waals surface area contributed by atoms with Crippen LogP contribution in [0, 0.1) is 0 Å². The molecule has 18 heavy (non-hydrogen) atoms. The van der Waals surface area contributed by atoms with Gasteiger partial charge < -0.3 is 9.47 Å². The van der Waals surface area contributed by atoms with Crippen LogP contribution in [0.2, 0.25) is 0 Å². The molecule has 98 valence electrons. The summed E-state index contributed by atoms with van der Waals surface area (Å²) in [4.78, 5) is 4.40. The second kappa shape index (κ2) is 5.95. The van der Waals surface area contributed by atoms with E-state index in [1.54, 1.807) is 0 Å². The van der Waals surface area contributed by atoms with Gasteiger partial charge in [-0.1, -0.05) is 34.1 Å². The lowest BCUT2D eigenvalue weighted by molar-refractivity contribution is -0.130. The summed E-state index contributed by atoms with van der Waals surface area (Å²) in [5, 5.41) is 0. The minimum absolute atomic E-state index is 0.0146. The Bertz CT molecular complexity index is 432. The van der Waals surface area contributed by atoms with Crippen LogP contribution in [0.4, 0.5) is 0 Å². The summed E-state index contributed by atoms with van der Waals surface area (Å²) in [6.45, 7) is 5.19. The quantitative estimate of drug-likeness (QED) is 0.799. The predicted octanol–water partition coefficient (Wildman–Crippen LogP) is 3.21. The standard InChI is InChI=1S/C14H18BrNO2/c1-14(2)17-10-12(18-14)9-16-8-7-11-5-3-4-6-13(11)15/h3-6,9,12H,7-8,10H2,1-2H3. The third-order valence-electron chi connectivity index (χ3n) is 2.77. The molecular weight excluding hydrogens is 294 g/mol. The highest BCUT2D eigenvalue weighted by molar-refractivity contribution is 9.10. The lowest BCUT2D eigenvalue weighted by Crippen LogP contribution is -2.22. The lowest BCUT2D eigenvalue weighted by Gasteiger charge is -2.15. The van der Waals surface area contributed by atoms with Gasteiger partial charge in [0.05, 0.1) is 6.61 Å². The number of nitrogens with zero attached hydrogens (tertiary/aromatic N) is 1. The van der Waals surface area contributed by atoms with Crippen molar-refractivity contribution in [2.24, 2.45) is 4.99 Å². The maximum atomic E-state index is 5.64. The van der Waals surface area contributed by atoms with Gasteiger partial charge in [-0.15, -0.1) is 0 Å². The van der Waals surface area contributed by atoms with Gasteiger partial charge in [-0.05, 0) is 31.9 Å². The summed E-state index contributed by atoms with van der Waals surface area (Å²) in [6, 6.07) is 8.22. The highest BCUT2D eigenvalue weighted by Gasteiger charge is 2.31. The van der Waals surface area contributed by atoms with E-state index in [1.165, 1.54) is 5.56 Å². The number of benzene rings is 1. The molecule has 0 spiro atoms. The summed E-state index contributed by atoms with van der Waals surface area (Å²) in [5.74, 6) is -0.473. The zero-order chi connectivity index (χ0) is 13.0. The van der Waals surface area contributed by atoms with Gasteiger partial charge in [0, 0.05) is 17.2 Å². The molecule has 0 N–H and O–H groups in total. The topological polar surface area (TPSA) is 30.8 Å². The molecule has 1 heterocycles. The number of hydrogen-bond donors (Lipinski definition) is 0. The molecule has 1 unspecified atom stereocenters. The van der Waals surface area contributed by atoms with Crippen LogP contribution in [0.15, 0.2) is 33.7 Å². The van der Waals surface area contributed by atoms with Crippen molar-refractivity contribution in [1.82, 2.24) is 0 Å². The van der Waals surface area contributed by atoms with Crippen LogP contribution in [0.1, 0.15) is 19.4 Å². The smallest absolute Gasteiger partial charge is 0.163 e. The molecule has 4 heteroatoms. The fraction of sp³-hybridized carbons (Fsp3) is 0.500. The maximum absolute atomic E-state index is 5.64. The molecule has 0 amide bonds. The molecule has 1 aromatic rings. The predicted molar refractivity (Wildman–Crippen MR) is 76.1 cm³/mol. The Morgan fingerprint density at radius 3 is 2.89 bits per heavy atom. The summed E-state index contributed by atoms with van der Waals surface area (Å²) in [7, 11) is 0. The second-order valence-corrected chi connectivity index (χ2v) is 5.62. The Labute approximate surface area is 116 Å². The molecule has 0 radical (unpaired) electrons. The van der Waals surface area contributed by atoms with Crippen LogP contribution in [0.5, 0.6) is 0 Å². The first-order valence-corrected chi connectivity index (χ1v) is 6.91. The van der Waals surface area contributed by atoms with E-state index in [2.05, 4.69) is 33.1 Å². The first kappa shape index (κ1) is 13.7. The van der Waals surface area contributed by atoms with E-state index in [9.17, 15) is 0 Å². The maximum Gasteiger partial charge on any atom is 0.163 e.